The van der Waals surface area contributed by atoms with Crippen molar-refractivity contribution in [3.05, 3.63) is 43.5 Å². The van der Waals surface area contributed by atoms with Gasteiger partial charge in [0.1, 0.15) is 18.3 Å². The van der Waals surface area contributed by atoms with Gasteiger partial charge in [-0.25, -0.2) is 4.79 Å². The Morgan fingerprint density at radius 3 is 2.81 bits per heavy atom. The Balaban J connectivity index is 1.74. The summed E-state index contributed by atoms with van der Waals surface area (Å²) in [5.41, 5.74) is 0.486. The van der Waals surface area contributed by atoms with E-state index in [9.17, 15) is 9.59 Å². The van der Waals surface area contributed by atoms with Gasteiger partial charge < -0.3 is 15.2 Å². The Bertz CT molecular complexity index is 496. The van der Waals surface area contributed by atoms with Crippen LogP contribution in [0.4, 0.5) is 4.79 Å². The fraction of sp³-hybridized carbons (Fsp3) is 0.308. The maximum absolute atomic E-state index is 11.3. The molecule has 21 heavy (non-hydrogen) atoms. The van der Waals surface area contributed by atoms with Crippen LogP contribution in [0.25, 0.3) is 0 Å². The Kier molecular flexibility index (Phi) is 5.13. The molecular weight excluding hydrogens is 276 g/mol. The number of hydrogen-bond donors (Lipinski definition) is 2. The number of nitrogens with zero attached hydrogens (tertiary/aromatic N) is 3. The van der Waals surface area contributed by atoms with Crippen molar-refractivity contribution >= 4 is 12.1 Å². The van der Waals surface area contributed by atoms with Crippen LogP contribution >= 0.6 is 0 Å². The summed E-state index contributed by atoms with van der Waals surface area (Å²) in [7, 11) is 0. The second-order valence-corrected chi connectivity index (χ2v) is 4.48. The molecule has 0 aliphatic heterocycles. The predicted molar refractivity (Wildman–Crippen MR) is 70.9 cm³/mol. The normalized spacial score (nSPS) is 16.6. The van der Waals surface area contributed by atoms with Gasteiger partial charge in [0.2, 0.25) is 0 Å². The van der Waals surface area contributed by atoms with Crippen LogP contribution in [0.5, 0.6) is 0 Å². The average molecular weight is 291 g/mol. The Hall–Kier alpha value is -2.12. The molecule has 1 heterocycles. The molecule has 1 saturated carbocycles. The molecule has 1 aliphatic rings. The Morgan fingerprint density at radius 1 is 1.43 bits per heavy atom. The number of alkyl carbamates (subject to hydrolysis) is 1. The maximum Gasteiger partial charge on any atom is 0.408 e. The first-order valence-electron chi connectivity index (χ1n) is 6.30. The fourth-order valence-corrected chi connectivity index (χ4v) is 1.61. The molecule has 111 valence electrons. The average Bonchev–Trinajstić information content (AvgIpc) is 3.08. The van der Waals surface area contributed by atoms with Gasteiger partial charge in [0.05, 0.1) is 6.20 Å². The van der Waals surface area contributed by atoms with Crippen LogP contribution in [0.3, 0.4) is 0 Å². The number of rotatable bonds is 6. The van der Waals surface area contributed by atoms with E-state index in [1.165, 1.54) is 6.92 Å². The number of aliphatic carboxylic acids is 1. The highest BCUT2D eigenvalue weighted by Crippen LogP contribution is 2.24. The smallest absolute Gasteiger partial charge is 0.408 e. The molecular formula is C13H15N4O4. The van der Waals surface area contributed by atoms with E-state index in [1.54, 1.807) is 10.9 Å². The van der Waals surface area contributed by atoms with Gasteiger partial charge in [-0.05, 0) is 32.6 Å². The Labute approximate surface area is 122 Å². The van der Waals surface area contributed by atoms with Gasteiger partial charge >= 0.3 is 12.1 Å². The molecule has 1 fully saturated rings. The summed E-state index contributed by atoms with van der Waals surface area (Å²) in [5.74, 6) is -0.0343. The molecule has 8 nitrogen and oxygen atoms in total. The van der Waals surface area contributed by atoms with Crippen LogP contribution in [0.15, 0.2) is 6.20 Å². The highest BCUT2D eigenvalue weighted by Gasteiger charge is 2.18. The van der Waals surface area contributed by atoms with Crippen LogP contribution in [-0.4, -0.2) is 38.2 Å². The van der Waals surface area contributed by atoms with Crippen LogP contribution in [0, 0.1) is 31.6 Å². The molecule has 0 saturated heterocycles. The maximum atomic E-state index is 11.3. The lowest BCUT2D eigenvalue weighted by Gasteiger charge is -2.08. The molecule has 2 N–H and O–H groups in total. The third-order valence-electron chi connectivity index (χ3n) is 2.72. The van der Waals surface area contributed by atoms with E-state index in [1.807, 2.05) is 25.7 Å². The first-order chi connectivity index (χ1) is 10.0. The van der Waals surface area contributed by atoms with E-state index in [0.717, 1.165) is 5.92 Å². The van der Waals surface area contributed by atoms with E-state index >= 15 is 0 Å². The summed E-state index contributed by atoms with van der Waals surface area (Å²) in [6.07, 6.45) is 8.67. The molecule has 1 amide bonds. The molecule has 0 unspecified atom stereocenters. The van der Waals surface area contributed by atoms with E-state index < -0.39 is 18.1 Å². The third-order valence-corrected chi connectivity index (χ3v) is 2.72. The second kappa shape index (κ2) is 7.05. The zero-order valence-corrected chi connectivity index (χ0v) is 11.4. The largest absolute Gasteiger partial charge is 0.480 e. The van der Waals surface area contributed by atoms with E-state index in [4.69, 9.17) is 9.84 Å². The van der Waals surface area contributed by atoms with Gasteiger partial charge in [0.15, 0.2) is 0 Å². The number of carbonyl (C=O) groups excluding carboxylic acids is 1. The van der Waals surface area contributed by atoms with Crippen LogP contribution in [-0.2, 0) is 22.7 Å². The topological polar surface area (TPSA) is 106 Å². The lowest BCUT2D eigenvalue weighted by Crippen LogP contribution is -2.38. The molecule has 1 atom stereocenters. The molecule has 1 aromatic rings. The summed E-state index contributed by atoms with van der Waals surface area (Å²) in [6.45, 7) is 1.86. The van der Waals surface area contributed by atoms with Crippen molar-refractivity contribution in [2.45, 2.75) is 26.1 Å². The number of carbonyl (C=O) groups is 2. The van der Waals surface area contributed by atoms with Crippen LogP contribution in [0.2, 0.25) is 0 Å². The minimum Gasteiger partial charge on any atom is -0.480 e. The van der Waals surface area contributed by atoms with E-state index in [0.29, 0.717) is 12.2 Å². The van der Waals surface area contributed by atoms with Gasteiger partial charge in [-0.3, -0.25) is 9.48 Å². The van der Waals surface area contributed by atoms with E-state index in [-0.39, 0.29) is 6.61 Å². The van der Waals surface area contributed by atoms with Crippen molar-refractivity contribution in [1.82, 2.24) is 20.3 Å². The van der Waals surface area contributed by atoms with Crippen molar-refractivity contribution in [2.24, 2.45) is 0 Å². The molecule has 0 bridgehead atoms. The monoisotopic (exact) mass is 291 g/mol. The minimum absolute atomic E-state index is 0.0703. The number of carboxylic acids is 1. The molecule has 5 radical (unpaired) electrons. The molecule has 0 spiro atoms. The number of carboxylic acid groups (broad SMARTS) is 1. The number of ether oxygens (including phenoxy) is 1. The number of hydrogen-bond acceptors (Lipinski definition) is 5. The summed E-state index contributed by atoms with van der Waals surface area (Å²) in [4.78, 5) is 21.9. The predicted octanol–water partition coefficient (Wildman–Crippen LogP) is 0.383. The summed E-state index contributed by atoms with van der Waals surface area (Å²) < 4.78 is 6.50. The van der Waals surface area contributed by atoms with Gasteiger partial charge in [-0.15, -0.1) is 5.10 Å². The van der Waals surface area contributed by atoms with Crippen molar-refractivity contribution in [2.75, 3.05) is 0 Å². The lowest BCUT2D eigenvalue weighted by atomic mass is 10.1. The number of amides is 1. The van der Waals surface area contributed by atoms with Crippen LogP contribution in [0.1, 0.15) is 12.6 Å². The van der Waals surface area contributed by atoms with Crippen LogP contribution < -0.4 is 5.32 Å². The van der Waals surface area contributed by atoms with Crippen molar-refractivity contribution in [3.8, 4) is 0 Å². The zero-order valence-electron chi connectivity index (χ0n) is 11.4. The number of aromatic nitrogens is 3. The van der Waals surface area contributed by atoms with Crippen molar-refractivity contribution < 1.29 is 19.4 Å². The molecule has 1 aliphatic carbocycles. The first kappa shape index (κ1) is 15.3. The quantitative estimate of drug-likeness (QED) is 0.785. The summed E-state index contributed by atoms with van der Waals surface area (Å²) >= 11 is 0. The highest BCUT2D eigenvalue weighted by atomic mass is 16.5. The first-order valence-corrected chi connectivity index (χ1v) is 6.30. The highest BCUT2D eigenvalue weighted by molar-refractivity contribution is 5.79. The SMILES string of the molecule is C[C@H](NC(=O)OCc1cn(C[C]2[CH][CH][CH][CH]2)nn1)C(=O)O. The second-order valence-electron chi connectivity index (χ2n) is 4.48. The van der Waals surface area contributed by atoms with Gasteiger partial charge in [0.25, 0.3) is 0 Å². The Morgan fingerprint density at radius 2 is 2.14 bits per heavy atom. The minimum atomic E-state index is -1.13. The molecule has 1 aromatic heterocycles. The standard InChI is InChI=1S/C13H15N4O4/c1-9(12(18)19)14-13(20)21-8-11-7-17(16-15-11)6-10-4-2-3-5-10/h2-5,7,9H,6,8H2,1H3,(H,14,20)(H,18,19)/t9-/m0/s1. The zero-order chi connectivity index (χ0) is 15.2. The van der Waals surface area contributed by atoms with Crippen molar-refractivity contribution in [3.63, 3.8) is 0 Å². The molecule has 8 heteroatoms. The molecule has 2 rings (SSSR count). The van der Waals surface area contributed by atoms with Gasteiger partial charge in [0, 0.05) is 12.5 Å². The summed E-state index contributed by atoms with van der Waals surface area (Å²) in [6, 6.07) is -1.01. The summed E-state index contributed by atoms with van der Waals surface area (Å²) in [5, 5.41) is 18.6. The number of nitrogens with one attached hydrogen (secondary N) is 1. The van der Waals surface area contributed by atoms with Gasteiger partial charge in [-0.1, -0.05) is 5.21 Å². The fourth-order valence-electron chi connectivity index (χ4n) is 1.61. The van der Waals surface area contributed by atoms with Crippen molar-refractivity contribution in [1.29, 1.82) is 0 Å². The molecule has 0 aromatic carbocycles. The lowest BCUT2D eigenvalue weighted by molar-refractivity contribution is -0.138. The third kappa shape index (κ3) is 4.73. The van der Waals surface area contributed by atoms with Gasteiger partial charge in [-0.2, -0.15) is 0 Å². The van der Waals surface area contributed by atoms with E-state index in [2.05, 4.69) is 15.6 Å².